The van der Waals surface area contributed by atoms with E-state index in [0.717, 1.165) is 27.7 Å². The molecule has 0 saturated carbocycles. The zero-order valence-electron chi connectivity index (χ0n) is 21.8. The Morgan fingerprint density at radius 2 is 1.84 bits per heavy atom. The van der Waals surface area contributed by atoms with Gasteiger partial charge in [0.1, 0.15) is 23.0 Å². The summed E-state index contributed by atoms with van der Waals surface area (Å²) in [6.07, 6.45) is 2.31. The normalized spacial score (nSPS) is 18.4. The van der Waals surface area contributed by atoms with Gasteiger partial charge in [-0.05, 0) is 61.4 Å². The van der Waals surface area contributed by atoms with E-state index in [-0.39, 0.29) is 11.9 Å². The highest BCUT2D eigenvalue weighted by atomic mass is 32.2. The molecule has 2 aromatic heterocycles. The Bertz CT molecular complexity index is 1370. The van der Waals surface area contributed by atoms with Gasteiger partial charge in [0, 0.05) is 44.7 Å². The third-order valence-corrected chi connectivity index (χ3v) is 7.66. The van der Waals surface area contributed by atoms with Crippen LogP contribution in [-0.4, -0.2) is 70.5 Å². The molecule has 0 N–H and O–H groups in total. The van der Waals surface area contributed by atoms with Crippen molar-refractivity contribution < 1.29 is 13.0 Å². The van der Waals surface area contributed by atoms with Crippen LogP contribution in [0.15, 0.2) is 53.8 Å². The lowest BCUT2D eigenvalue weighted by Crippen LogP contribution is -2.50. The Morgan fingerprint density at radius 1 is 1.11 bits per heavy atom. The topological polar surface area (TPSA) is 72.1 Å². The number of piperazine rings is 1. The molecular weight excluding hydrogens is 496 g/mol. The van der Waals surface area contributed by atoms with Crippen molar-refractivity contribution >= 4 is 21.9 Å². The quantitative estimate of drug-likeness (QED) is 0.371. The fourth-order valence-electron chi connectivity index (χ4n) is 4.67. The van der Waals surface area contributed by atoms with Crippen molar-refractivity contribution in [2.24, 2.45) is 7.05 Å². The molecule has 2 aromatic carbocycles. The maximum absolute atomic E-state index is 14.1. The first-order chi connectivity index (χ1) is 17.8. The van der Waals surface area contributed by atoms with Crippen LogP contribution < -0.4 is 0 Å². The Hall–Kier alpha value is -3.02. The Morgan fingerprint density at radius 3 is 2.49 bits per heavy atom. The van der Waals surface area contributed by atoms with E-state index in [1.807, 2.05) is 25.1 Å². The van der Waals surface area contributed by atoms with E-state index in [4.69, 9.17) is 0 Å². The molecule has 37 heavy (non-hydrogen) atoms. The second kappa shape index (κ2) is 11.6. The highest BCUT2D eigenvalue weighted by Gasteiger charge is 2.33. The molecule has 0 spiro atoms. The number of nitrogens with zero attached hydrogens (tertiary/aromatic N) is 7. The predicted octanol–water partition coefficient (Wildman–Crippen LogP) is 4.37. The molecule has 0 bridgehead atoms. The lowest BCUT2D eigenvalue weighted by atomic mass is 9.96. The Kier molecular flexibility index (Phi) is 8.46. The molecule has 3 unspecified atom stereocenters. The molecule has 3 atom stereocenters. The number of aromatic nitrogens is 5. The smallest absolute Gasteiger partial charge is 0.185 e. The lowest BCUT2D eigenvalue weighted by molar-refractivity contribution is 0.0938. The minimum atomic E-state index is -1.46. The summed E-state index contributed by atoms with van der Waals surface area (Å²) in [6.45, 7) is 9.46. The largest absolute Gasteiger partial charge is 0.291 e. The van der Waals surface area contributed by atoms with Gasteiger partial charge < -0.3 is 0 Å². The van der Waals surface area contributed by atoms with Crippen LogP contribution in [0.3, 0.4) is 0 Å². The average Bonchev–Trinajstić information content (AvgIpc) is 3.51. The van der Waals surface area contributed by atoms with Gasteiger partial charge in [-0.15, -0.1) is 5.10 Å². The van der Waals surface area contributed by atoms with Crippen LogP contribution in [0.1, 0.15) is 37.9 Å². The number of hydrogen-bond donors (Lipinski definition) is 0. The van der Waals surface area contributed by atoms with Gasteiger partial charge in [0.15, 0.2) is 5.03 Å². The average molecular weight is 530 g/mol. The number of halogens is 2. The SMILES string of the molecule is CC.Cc1cc2c(cnn2-c2ccc(F)cc2)cc1C1CN(S(=O)c2cnn(C)n2)CCN1CC(C)F. The zero-order chi connectivity index (χ0) is 26.7. The van der Waals surface area contributed by atoms with E-state index in [9.17, 15) is 13.0 Å². The minimum Gasteiger partial charge on any atom is -0.291 e. The van der Waals surface area contributed by atoms with Crippen LogP contribution >= 0.6 is 0 Å². The first-order valence-corrected chi connectivity index (χ1v) is 13.6. The standard InChI is InChI=1S/C24H27F2N7OS.C2H6/c1-16-10-22-18(12-28-33(22)20-6-4-19(26)5-7-20)11-21(16)23-15-32(9-8-31(23)14-17(2)25)35(34)24-13-27-30(3)29-24;1-2/h4-7,10-13,17,23H,8-9,14-15H2,1-3H3;1-2H3. The van der Waals surface area contributed by atoms with E-state index in [0.29, 0.717) is 31.2 Å². The van der Waals surface area contributed by atoms with Crippen molar-refractivity contribution in [2.75, 3.05) is 26.2 Å². The lowest BCUT2D eigenvalue weighted by Gasteiger charge is -2.41. The molecule has 5 rings (SSSR count). The van der Waals surface area contributed by atoms with Crippen molar-refractivity contribution in [3.63, 3.8) is 0 Å². The molecule has 1 aliphatic rings. The molecule has 0 aliphatic carbocycles. The number of fused-ring (bicyclic) bond motifs is 1. The summed E-state index contributed by atoms with van der Waals surface area (Å²) in [7, 11) is 0.233. The van der Waals surface area contributed by atoms with Crippen LogP contribution in [0.5, 0.6) is 0 Å². The first kappa shape index (κ1) is 27.0. The number of aryl methyl sites for hydroxylation is 2. The van der Waals surface area contributed by atoms with Gasteiger partial charge in [0.25, 0.3) is 0 Å². The second-order valence-corrected chi connectivity index (χ2v) is 10.3. The highest BCUT2D eigenvalue weighted by molar-refractivity contribution is 7.82. The summed E-state index contributed by atoms with van der Waals surface area (Å²) in [5.41, 5.74) is 3.73. The Balaban J connectivity index is 0.00000156. The molecule has 11 heteroatoms. The minimum absolute atomic E-state index is 0.152. The van der Waals surface area contributed by atoms with Crippen molar-refractivity contribution in [1.29, 1.82) is 0 Å². The summed E-state index contributed by atoms with van der Waals surface area (Å²) < 4.78 is 44.3. The van der Waals surface area contributed by atoms with E-state index in [1.54, 1.807) is 37.0 Å². The fraction of sp³-hybridized carbons (Fsp3) is 0.423. The third kappa shape index (κ3) is 5.78. The van der Waals surface area contributed by atoms with Crippen LogP contribution in [0, 0.1) is 12.7 Å². The molecule has 1 saturated heterocycles. The monoisotopic (exact) mass is 529 g/mol. The summed E-state index contributed by atoms with van der Waals surface area (Å²) in [4.78, 5) is 3.51. The highest BCUT2D eigenvalue weighted by Crippen LogP contribution is 2.33. The van der Waals surface area contributed by atoms with Gasteiger partial charge in [0.2, 0.25) is 0 Å². The maximum Gasteiger partial charge on any atom is 0.185 e. The van der Waals surface area contributed by atoms with Gasteiger partial charge in [-0.1, -0.05) is 13.8 Å². The maximum atomic E-state index is 14.1. The second-order valence-electron chi connectivity index (χ2n) is 8.90. The van der Waals surface area contributed by atoms with Gasteiger partial charge >= 0.3 is 0 Å². The molecule has 0 amide bonds. The van der Waals surface area contributed by atoms with Crippen LogP contribution in [0.25, 0.3) is 16.6 Å². The molecule has 198 valence electrons. The summed E-state index contributed by atoms with van der Waals surface area (Å²) >= 11 is 0. The number of hydrogen-bond acceptors (Lipinski definition) is 5. The van der Waals surface area contributed by atoms with E-state index in [1.165, 1.54) is 23.1 Å². The molecule has 1 aliphatic heterocycles. The van der Waals surface area contributed by atoms with Gasteiger partial charge in [0.05, 0.1) is 23.6 Å². The van der Waals surface area contributed by atoms with E-state index < -0.39 is 17.2 Å². The Labute approximate surface area is 218 Å². The molecular formula is C26H33F2N7OS. The number of rotatable bonds is 6. The molecule has 0 radical (unpaired) electrons. The van der Waals surface area contributed by atoms with Crippen molar-refractivity contribution in [3.8, 4) is 5.69 Å². The predicted molar refractivity (Wildman–Crippen MR) is 141 cm³/mol. The fourth-order valence-corrected chi connectivity index (χ4v) is 5.78. The van der Waals surface area contributed by atoms with Crippen molar-refractivity contribution in [1.82, 2.24) is 34.0 Å². The summed E-state index contributed by atoms with van der Waals surface area (Å²) in [6, 6.07) is 10.2. The molecule has 4 aromatic rings. The third-order valence-electron chi connectivity index (χ3n) is 6.32. The first-order valence-electron chi connectivity index (χ1n) is 12.5. The van der Waals surface area contributed by atoms with Crippen LogP contribution in [0.2, 0.25) is 0 Å². The zero-order valence-corrected chi connectivity index (χ0v) is 22.6. The van der Waals surface area contributed by atoms with Crippen LogP contribution in [0.4, 0.5) is 8.78 Å². The molecule has 8 nitrogen and oxygen atoms in total. The number of benzene rings is 2. The van der Waals surface area contributed by atoms with Crippen LogP contribution in [-0.2, 0) is 18.0 Å². The summed E-state index contributed by atoms with van der Waals surface area (Å²) in [5.74, 6) is -0.299. The van der Waals surface area contributed by atoms with E-state index >= 15 is 0 Å². The van der Waals surface area contributed by atoms with Gasteiger partial charge in [-0.25, -0.2) is 22.0 Å². The number of alkyl halides is 1. The van der Waals surface area contributed by atoms with Gasteiger partial charge in [-0.3, -0.25) is 4.90 Å². The molecule has 1 fully saturated rings. The van der Waals surface area contributed by atoms with E-state index in [2.05, 4.69) is 32.3 Å². The van der Waals surface area contributed by atoms with Gasteiger partial charge in [-0.2, -0.15) is 15.0 Å². The van der Waals surface area contributed by atoms with Crippen molar-refractivity contribution in [3.05, 3.63) is 65.7 Å². The van der Waals surface area contributed by atoms with Crippen molar-refractivity contribution in [2.45, 2.75) is 44.9 Å². The molecule has 3 heterocycles. The summed E-state index contributed by atoms with van der Waals surface area (Å²) in [5, 5.41) is 14.1.